The summed E-state index contributed by atoms with van der Waals surface area (Å²) in [5.74, 6) is 0.291. The number of para-hydroxylation sites is 1. The maximum atomic E-state index is 13.8. The lowest BCUT2D eigenvalue weighted by molar-refractivity contribution is 0.182. The van der Waals surface area contributed by atoms with Crippen LogP contribution in [0.1, 0.15) is 18.7 Å². The highest BCUT2D eigenvalue weighted by molar-refractivity contribution is 7.89. The fourth-order valence-corrected chi connectivity index (χ4v) is 5.04. The summed E-state index contributed by atoms with van der Waals surface area (Å²) in [7, 11) is -0.223. The Balaban J connectivity index is 1.68. The van der Waals surface area contributed by atoms with Gasteiger partial charge in [-0.2, -0.15) is 0 Å². The molecule has 2 aromatic rings. The molecular weight excluding hydrogens is 359 g/mol. The first-order valence-electron chi connectivity index (χ1n) is 8.71. The molecule has 1 saturated heterocycles. The first kappa shape index (κ1) is 19.2. The third kappa shape index (κ3) is 4.06. The zero-order chi connectivity index (χ0) is 18.7. The summed E-state index contributed by atoms with van der Waals surface area (Å²) >= 11 is 0. The number of sulfonamides is 1. The Morgan fingerprint density at radius 3 is 3.00 bits per heavy atom. The quantitative estimate of drug-likeness (QED) is 0.784. The average Bonchev–Trinajstić information content (AvgIpc) is 3.03. The van der Waals surface area contributed by atoms with Crippen molar-refractivity contribution in [1.29, 1.82) is 0 Å². The van der Waals surface area contributed by atoms with Gasteiger partial charge >= 0.3 is 0 Å². The number of rotatable bonds is 7. The predicted octanol–water partition coefficient (Wildman–Crippen LogP) is 1.57. The van der Waals surface area contributed by atoms with Crippen LogP contribution in [0.2, 0.25) is 0 Å². The normalized spacial score (nSPS) is 19.5. The SMILES string of the molecule is COCCN(C)S(=O)(=O)C1CCCN(Cc2nc3c(F)cccc3[nH]2)C1. The van der Waals surface area contributed by atoms with Crippen molar-refractivity contribution >= 4 is 21.1 Å². The van der Waals surface area contributed by atoms with Crippen LogP contribution >= 0.6 is 0 Å². The number of fused-ring (bicyclic) bond motifs is 1. The van der Waals surface area contributed by atoms with Crippen LogP contribution in [0.3, 0.4) is 0 Å². The van der Waals surface area contributed by atoms with Gasteiger partial charge in [0, 0.05) is 27.2 Å². The molecule has 0 aliphatic carbocycles. The number of methoxy groups -OCH3 is 1. The number of aromatic nitrogens is 2. The van der Waals surface area contributed by atoms with E-state index in [-0.39, 0.29) is 5.82 Å². The van der Waals surface area contributed by atoms with E-state index in [1.165, 1.54) is 10.4 Å². The molecule has 1 aromatic heterocycles. The van der Waals surface area contributed by atoms with Gasteiger partial charge < -0.3 is 9.72 Å². The number of likely N-dealkylation sites (N-methyl/N-ethyl adjacent to an activating group) is 1. The highest BCUT2D eigenvalue weighted by Gasteiger charge is 2.33. The molecule has 7 nitrogen and oxygen atoms in total. The van der Waals surface area contributed by atoms with E-state index in [0.29, 0.717) is 49.5 Å². The van der Waals surface area contributed by atoms with Crippen molar-refractivity contribution in [2.24, 2.45) is 0 Å². The van der Waals surface area contributed by atoms with E-state index in [9.17, 15) is 12.8 Å². The van der Waals surface area contributed by atoms with Gasteiger partial charge in [-0.15, -0.1) is 0 Å². The number of likely N-dealkylation sites (tertiary alicyclic amines) is 1. The van der Waals surface area contributed by atoms with E-state index in [1.807, 2.05) is 0 Å². The number of imidazole rings is 1. The molecule has 2 heterocycles. The fraction of sp³-hybridized carbons (Fsp3) is 0.588. The molecule has 0 bridgehead atoms. The maximum Gasteiger partial charge on any atom is 0.218 e. The van der Waals surface area contributed by atoms with Crippen LogP contribution in [0.25, 0.3) is 11.0 Å². The molecule has 3 rings (SSSR count). The number of piperidine rings is 1. The number of hydrogen-bond acceptors (Lipinski definition) is 5. The van der Waals surface area contributed by atoms with Crippen LogP contribution in [-0.2, 0) is 21.3 Å². The molecule has 26 heavy (non-hydrogen) atoms. The Kier molecular flexibility index (Phi) is 5.91. The fourth-order valence-electron chi connectivity index (χ4n) is 3.34. The minimum absolute atomic E-state index is 0.322. The van der Waals surface area contributed by atoms with Crippen molar-refractivity contribution in [3.05, 3.63) is 29.8 Å². The van der Waals surface area contributed by atoms with Gasteiger partial charge in [0.05, 0.1) is 23.9 Å². The molecule has 0 saturated carbocycles. The first-order valence-corrected chi connectivity index (χ1v) is 10.2. The van der Waals surface area contributed by atoms with Gasteiger partial charge in [0.25, 0.3) is 0 Å². The van der Waals surface area contributed by atoms with Crippen molar-refractivity contribution in [1.82, 2.24) is 19.2 Å². The number of H-pyrrole nitrogens is 1. The minimum atomic E-state index is -3.37. The van der Waals surface area contributed by atoms with Crippen LogP contribution in [0, 0.1) is 5.82 Å². The molecular formula is C17H25FN4O3S. The second-order valence-corrected chi connectivity index (χ2v) is 9.00. The van der Waals surface area contributed by atoms with Crippen LogP contribution in [0.4, 0.5) is 4.39 Å². The summed E-state index contributed by atoms with van der Waals surface area (Å²) in [6, 6.07) is 4.80. The smallest absolute Gasteiger partial charge is 0.218 e. The van der Waals surface area contributed by atoms with Gasteiger partial charge in [-0.05, 0) is 31.5 Å². The Morgan fingerprint density at radius 1 is 1.46 bits per heavy atom. The first-order chi connectivity index (χ1) is 12.4. The maximum absolute atomic E-state index is 13.8. The van der Waals surface area contributed by atoms with Crippen LogP contribution in [-0.4, -0.2) is 73.2 Å². The molecule has 1 atom stereocenters. The van der Waals surface area contributed by atoms with E-state index in [4.69, 9.17) is 4.74 Å². The second-order valence-electron chi connectivity index (χ2n) is 6.68. The van der Waals surface area contributed by atoms with Crippen molar-refractivity contribution in [2.75, 3.05) is 40.4 Å². The summed E-state index contributed by atoms with van der Waals surface area (Å²) in [5, 5.41) is -0.445. The molecule has 1 unspecified atom stereocenters. The topological polar surface area (TPSA) is 78.5 Å². The molecule has 1 fully saturated rings. The average molecular weight is 384 g/mol. The molecule has 0 amide bonds. The monoisotopic (exact) mass is 384 g/mol. The van der Waals surface area contributed by atoms with Gasteiger partial charge in [0.2, 0.25) is 10.0 Å². The van der Waals surface area contributed by atoms with E-state index >= 15 is 0 Å². The minimum Gasteiger partial charge on any atom is -0.383 e. The molecule has 1 aromatic carbocycles. The summed E-state index contributed by atoms with van der Waals surface area (Å²) in [4.78, 5) is 9.50. The summed E-state index contributed by atoms with van der Waals surface area (Å²) in [5.41, 5.74) is 0.975. The summed E-state index contributed by atoms with van der Waals surface area (Å²) in [6.07, 6.45) is 1.45. The second kappa shape index (κ2) is 7.99. The number of nitrogens with zero attached hydrogens (tertiary/aromatic N) is 3. The Labute approximate surface area is 153 Å². The van der Waals surface area contributed by atoms with Crippen LogP contribution in [0.5, 0.6) is 0 Å². The van der Waals surface area contributed by atoms with Crippen molar-refractivity contribution in [3.8, 4) is 0 Å². The van der Waals surface area contributed by atoms with Gasteiger partial charge in [0.15, 0.2) is 5.82 Å². The van der Waals surface area contributed by atoms with Gasteiger partial charge in [0.1, 0.15) is 11.3 Å². The van der Waals surface area contributed by atoms with E-state index in [0.717, 1.165) is 13.0 Å². The Hall–Kier alpha value is -1.55. The molecule has 1 N–H and O–H groups in total. The third-order valence-corrected chi connectivity index (χ3v) is 7.09. The zero-order valence-corrected chi connectivity index (χ0v) is 15.9. The number of hydrogen-bond donors (Lipinski definition) is 1. The third-order valence-electron chi connectivity index (χ3n) is 4.81. The lowest BCUT2D eigenvalue weighted by atomic mass is 10.1. The van der Waals surface area contributed by atoms with Gasteiger partial charge in [-0.3, -0.25) is 4.90 Å². The lowest BCUT2D eigenvalue weighted by Crippen LogP contribution is -2.47. The Bertz CT molecular complexity index is 855. The number of benzene rings is 1. The Morgan fingerprint density at radius 2 is 2.27 bits per heavy atom. The van der Waals surface area contributed by atoms with Crippen molar-refractivity contribution < 1.29 is 17.5 Å². The predicted molar refractivity (Wildman–Crippen MR) is 97.8 cm³/mol. The standard InChI is InChI=1S/C17H25FN4O3S/c1-21(9-10-25-2)26(23,24)13-5-4-8-22(11-13)12-16-19-15-7-3-6-14(18)17(15)20-16/h3,6-7,13H,4-5,8-12H2,1-2H3,(H,19,20). The largest absolute Gasteiger partial charge is 0.383 e. The molecule has 0 radical (unpaired) electrons. The number of nitrogens with one attached hydrogen (secondary N) is 1. The zero-order valence-electron chi connectivity index (χ0n) is 15.1. The van der Waals surface area contributed by atoms with Crippen LogP contribution < -0.4 is 0 Å². The number of aromatic amines is 1. The van der Waals surface area contributed by atoms with E-state index in [1.54, 1.807) is 26.3 Å². The number of ether oxygens (including phenoxy) is 1. The van der Waals surface area contributed by atoms with E-state index in [2.05, 4.69) is 14.9 Å². The number of halogens is 1. The summed E-state index contributed by atoms with van der Waals surface area (Å²) in [6.45, 7) is 2.43. The molecule has 9 heteroatoms. The van der Waals surface area contributed by atoms with Gasteiger partial charge in [-0.25, -0.2) is 22.1 Å². The van der Waals surface area contributed by atoms with Gasteiger partial charge in [-0.1, -0.05) is 6.07 Å². The van der Waals surface area contributed by atoms with Crippen molar-refractivity contribution in [3.63, 3.8) is 0 Å². The molecule has 144 valence electrons. The highest BCUT2D eigenvalue weighted by atomic mass is 32.2. The molecule has 1 aliphatic heterocycles. The van der Waals surface area contributed by atoms with Crippen molar-refractivity contribution in [2.45, 2.75) is 24.6 Å². The van der Waals surface area contributed by atoms with E-state index < -0.39 is 15.3 Å². The molecule has 0 spiro atoms. The lowest BCUT2D eigenvalue weighted by Gasteiger charge is -2.33. The van der Waals surface area contributed by atoms with Crippen LogP contribution in [0.15, 0.2) is 18.2 Å². The summed E-state index contributed by atoms with van der Waals surface area (Å²) < 4.78 is 45.6. The highest BCUT2D eigenvalue weighted by Crippen LogP contribution is 2.22. The molecule has 1 aliphatic rings.